The Labute approximate surface area is 157 Å². The zero-order valence-corrected chi connectivity index (χ0v) is 16.1. The fraction of sp³-hybridized carbons (Fsp3) is 0.333. The van der Waals surface area contributed by atoms with Gasteiger partial charge in [0.2, 0.25) is 5.72 Å². The van der Waals surface area contributed by atoms with E-state index in [4.69, 9.17) is 4.74 Å². The van der Waals surface area contributed by atoms with Crippen molar-refractivity contribution in [2.24, 2.45) is 0 Å². The van der Waals surface area contributed by atoms with Crippen LogP contribution in [-0.4, -0.2) is 24.0 Å². The van der Waals surface area contributed by atoms with E-state index < -0.39 is 5.72 Å². The lowest BCUT2D eigenvalue weighted by Gasteiger charge is -2.46. The first-order chi connectivity index (χ1) is 12.1. The van der Waals surface area contributed by atoms with Gasteiger partial charge in [0.1, 0.15) is 5.75 Å². The molecule has 0 fully saturated rings. The van der Waals surface area contributed by atoms with Crippen LogP contribution in [0.5, 0.6) is 5.75 Å². The van der Waals surface area contributed by atoms with Gasteiger partial charge in [-0.3, -0.25) is 0 Å². The summed E-state index contributed by atoms with van der Waals surface area (Å²) in [5.74, 6) is 1.11. The molecule has 2 aromatic rings. The topological polar surface area (TPSA) is 32.7 Å². The van der Waals surface area contributed by atoms with Gasteiger partial charge in [0, 0.05) is 34.8 Å². The number of hydrogen-bond donors (Lipinski definition) is 1. The van der Waals surface area contributed by atoms with E-state index in [1.807, 2.05) is 12.1 Å². The normalized spacial score (nSPS) is 23.9. The van der Waals surface area contributed by atoms with Crippen molar-refractivity contribution in [1.82, 2.24) is 0 Å². The van der Waals surface area contributed by atoms with E-state index in [-0.39, 0.29) is 12.5 Å². The summed E-state index contributed by atoms with van der Waals surface area (Å²) >= 11 is 3.54. The number of rotatable bonds is 3. The third kappa shape index (κ3) is 2.42. The lowest BCUT2D eigenvalue weighted by Crippen LogP contribution is -2.55. The quantitative estimate of drug-likeness (QED) is 0.792. The van der Waals surface area contributed by atoms with Crippen LogP contribution in [0.25, 0.3) is 6.08 Å². The summed E-state index contributed by atoms with van der Waals surface area (Å²) in [6, 6.07) is 14.7. The number of benzene rings is 2. The van der Waals surface area contributed by atoms with Crippen LogP contribution in [0, 0.1) is 0 Å². The van der Waals surface area contributed by atoms with Crippen molar-refractivity contribution in [1.29, 1.82) is 0 Å². The molecule has 1 spiro atoms. The van der Waals surface area contributed by atoms with Crippen LogP contribution in [0.15, 0.2) is 52.5 Å². The summed E-state index contributed by atoms with van der Waals surface area (Å²) in [6.07, 6.45) is 2.95. The van der Waals surface area contributed by atoms with Gasteiger partial charge in [-0.05, 0) is 54.8 Å². The molecule has 1 N–H and O–H groups in total. The minimum atomic E-state index is -0.528. The van der Waals surface area contributed by atoms with Crippen LogP contribution in [0.4, 0.5) is 5.69 Å². The Morgan fingerprint density at radius 1 is 1.24 bits per heavy atom. The maximum absolute atomic E-state index is 9.39. The first-order valence-corrected chi connectivity index (χ1v) is 9.52. The highest BCUT2D eigenvalue weighted by atomic mass is 79.9. The minimum Gasteiger partial charge on any atom is -0.463 e. The zero-order valence-electron chi connectivity index (χ0n) is 14.5. The van der Waals surface area contributed by atoms with E-state index in [0.717, 1.165) is 22.3 Å². The molecule has 0 amide bonds. The molecular formula is C21H22BrNO2. The molecule has 25 heavy (non-hydrogen) atoms. The molecule has 4 heteroatoms. The van der Waals surface area contributed by atoms with Gasteiger partial charge in [-0.25, -0.2) is 0 Å². The Morgan fingerprint density at radius 2 is 2.04 bits per heavy atom. The summed E-state index contributed by atoms with van der Waals surface area (Å²) < 4.78 is 7.76. The van der Waals surface area contributed by atoms with Crippen molar-refractivity contribution in [3.05, 3.63) is 63.6 Å². The maximum Gasteiger partial charge on any atom is 0.212 e. The molecule has 2 aliphatic rings. The molecule has 2 aromatic carbocycles. The summed E-state index contributed by atoms with van der Waals surface area (Å²) in [5, 5.41) is 9.39. The van der Waals surface area contributed by atoms with E-state index in [9.17, 15) is 5.11 Å². The number of aliphatic hydroxyl groups is 1. The molecular weight excluding hydrogens is 378 g/mol. The zero-order chi connectivity index (χ0) is 17.6. The number of ether oxygens (including phenoxy) is 1. The number of nitrogens with zero attached hydrogens (tertiary/aromatic N) is 1. The number of hydrogen-bond acceptors (Lipinski definition) is 3. The summed E-state index contributed by atoms with van der Waals surface area (Å²) in [5.41, 5.74) is 4.27. The van der Waals surface area contributed by atoms with Gasteiger partial charge in [-0.1, -0.05) is 41.1 Å². The van der Waals surface area contributed by atoms with Gasteiger partial charge in [-0.2, -0.15) is 0 Å². The Morgan fingerprint density at radius 3 is 2.84 bits per heavy atom. The highest BCUT2D eigenvalue weighted by Gasteiger charge is 2.54. The second-order valence-electron chi connectivity index (χ2n) is 6.82. The standard InChI is InChI=1S/C21H22BrNO2/c1-14-12-16-13-17(22)8-9-20(16)25-21(14)15(2)18-6-3-4-7-19(18)23(21)10-5-11-24/h3-4,6-9,12-13,15,24H,5,10-11H2,1-2H3. The molecule has 2 unspecified atom stereocenters. The van der Waals surface area contributed by atoms with E-state index in [2.05, 4.69) is 71.1 Å². The molecule has 2 atom stereocenters. The van der Waals surface area contributed by atoms with Gasteiger partial charge in [0.05, 0.1) is 0 Å². The molecule has 130 valence electrons. The summed E-state index contributed by atoms with van der Waals surface area (Å²) in [7, 11) is 0. The highest BCUT2D eigenvalue weighted by molar-refractivity contribution is 9.10. The molecule has 2 heterocycles. The largest absolute Gasteiger partial charge is 0.463 e. The molecule has 0 radical (unpaired) electrons. The fourth-order valence-corrected chi connectivity index (χ4v) is 4.62. The first-order valence-electron chi connectivity index (χ1n) is 8.72. The van der Waals surface area contributed by atoms with E-state index >= 15 is 0 Å². The van der Waals surface area contributed by atoms with Crippen molar-refractivity contribution in [2.75, 3.05) is 18.1 Å². The molecule has 2 aliphatic heterocycles. The van der Waals surface area contributed by atoms with Gasteiger partial charge in [-0.15, -0.1) is 0 Å². The van der Waals surface area contributed by atoms with Crippen molar-refractivity contribution in [2.45, 2.75) is 31.9 Å². The molecule has 0 saturated carbocycles. The average Bonchev–Trinajstić information content (AvgIpc) is 2.84. The number of para-hydroxylation sites is 1. The lowest BCUT2D eigenvalue weighted by molar-refractivity contribution is 0.0842. The number of aliphatic hydroxyl groups excluding tert-OH is 1. The van der Waals surface area contributed by atoms with Crippen molar-refractivity contribution < 1.29 is 9.84 Å². The summed E-state index contributed by atoms with van der Waals surface area (Å²) in [4.78, 5) is 2.33. The van der Waals surface area contributed by atoms with Gasteiger partial charge in [0.25, 0.3) is 0 Å². The average molecular weight is 400 g/mol. The van der Waals surface area contributed by atoms with Crippen LogP contribution < -0.4 is 9.64 Å². The predicted molar refractivity (Wildman–Crippen MR) is 105 cm³/mol. The van der Waals surface area contributed by atoms with Gasteiger partial charge >= 0.3 is 0 Å². The first kappa shape index (κ1) is 16.7. The Balaban J connectivity index is 1.86. The van der Waals surface area contributed by atoms with Crippen molar-refractivity contribution >= 4 is 27.7 Å². The van der Waals surface area contributed by atoms with Crippen molar-refractivity contribution in [3.8, 4) is 5.75 Å². The molecule has 0 saturated heterocycles. The molecule has 4 rings (SSSR count). The Kier molecular flexibility index (Phi) is 4.13. The van der Waals surface area contributed by atoms with Crippen LogP contribution >= 0.6 is 15.9 Å². The van der Waals surface area contributed by atoms with Crippen molar-refractivity contribution in [3.63, 3.8) is 0 Å². The smallest absolute Gasteiger partial charge is 0.212 e. The Hall–Kier alpha value is -1.78. The van der Waals surface area contributed by atoms with E-state index in [1.165, 1.54) is 16.8 Å². The Bertz CT molecular complexity index is 848. The molecule has 0 aliphatic carbocycles. The van der Waals surface area contributed by atoms with Gasteiger partial charge < -0.3 is 14.7 Å². The second kappa shape index (κ2) is 6.19. The third-order valence-electron chi connectivity index (χ3n) is 5.40. The van der Waals surface area contributed by atoms with E-state index in [0.29, 0.717) is 6.42 Å². The van der Waals surface area contributed by atoms with Crippen LogP contribution in [0.3, 0.4) is 0 Å². The van der Waals surface area contributed by atoms with Crippen LogP contribution in [0.1, 0.15) is 37.3 Å². The van der Waals surface area contributed by atoms with Crippen LogP contribution in [-0.2, 0) is 0 Å². The monoisotopic (exact) mass is 399 g/mol. The fourth-order valence-electron chi connectivity index (χ4n) is 4.25. The maximum atomic E-state index is 9.39. The van der Waals surface area contributed by atoms with E-state index in [1.54, 1.807) is 0 Å². The predicted octanol–water partition coefficient (Wildman–Crippen LogP) is 4.95. The highest BCUT2D eigenvalue weighted by Crippen LogP contribution is 2.54. The number of fused-ring (bicyclic) bond motifs is 2. The molecule has 3 nitrogen and oxygen atoms in total. The third-order valence-corrected chi connectivity index (χ3v) is 5.89. The van der Waals surface area contributed by atoms with Gasteiger partial charge in [0.15, 0.2) is 0 Å². The summed E-state index contributed by atoms with van der Waals surface area (Å²) in [6.45, 7) is 5.32. The SMILES string of the molecule is CC1=Cc2cc(Br)ccc2OC12C(C)c1ccccc1N2CCCO. The number of halogens is 1. The molecule has 0 bridgehead atoms. The molecule has 0 aromatic heterocycles. The van der Waals surface area contributed by atoms with Crippen LogP contribution in [0.2, 0.25) is 0 Å². The number of anilines is 1. The lowest BCUT2D eigenvalue weighted by atomic mass is 9.85. The minimum absolute atomic E-state index is 0.176. The second-order valence-corrected chi connectivity index (χ2v) is 7.73.